The van der Waals surface area contributed by atoms with Gasteiger partial charge in [-0.15, -0.1) is 35.3 Å². The topological polar surface area (TPSA) is 49.3 Å². The SMILES string of the molecule is CCNC(=NCc1ncc(CC)s1)NCC1(c2ccccc2C)CC1.I. The first-order valence-electron chi connectivity index (χ1n) is 9.19. The smallest absolute Gasteiger partial charge is 0.191 e. The molecule has 1 fully saturated rings. The number of aryl methyl sites for hydroxylation is 2. The quantitative estimate of drug-likeness (QED) is 0.348. The molecule has 6 heteroatoms. The van der Waals surface area contributed by atoms with Crippen LogP contribution < -0.4 is 10.6 Å². The molecule has 2 N–H and O–H groups in total. The monoisotopic (exact) mass is 484 g/mol. The number of aliphatic imine (C=N–C) groups is 1. The lowest BCUT2D eigenvalue weighted by atomic mass is 9.92. The van der Waals surface area contributed by atoms with E-state index in [0.29, 0.717) is 6.54 Å². The van der Waals surface area contributed by atoms with Crippen molar-refractivity contribution in [3.63, 3.8) is 0 Å². The van der Waals surface area contributed by atoms with Gasteiger partial charge in [0.15, 0.2) is 5.96 Å². The molecule has 1 saturated carbocycles. The molecule has 0 radical (unpaired) electrons. The van der Waals surface area contributed by atoms with Crippen LogP contribution in [0.4, 0.5) is 0 Å². The van der Waals surface area contributed by atoms with Gasteiger partial charge in [0.1, 0.15) is 5.01 Å². The van der Waals surface area contributed by atoms with Crippen molar-refractivity contribution in [3.8, 4) is 0 Å². The fourth-order valence-electron chi connectivity index (χ4n) is 3.19. The minimum Gasteiger partial charge on any atom is -0.357 e. The maximum absolute atomic E-state index is 4.72. The Bertz CT molecular complexity index is 737. The summed E-state index contributed by atoms with van der Waals surface area (Å²) in [5.74, 6) is 0.885. The van der Waals surface area contributed by atoms with Crippen molar-refractivity contribution >= 4 is 41.3 Å². The van der Waals surface area contributed by atoms with E-state index in [1.165, 1.54) is 28.8 Å². The summed E-state index contributed by atoms with van der Waals surface area (Å²) in [6, 6.07) is 8.75. The number of thiazole rings is 1. The number of hydrogen-bond acceptors (Lipinski definition) is 3. The van der Waals surface area contributed by atoms with Gasteiger partial charge in [-0.05, 0) is 44.2 Å². The Labute approximate surface area is 177 Å². The third kappa shape index (κ3) is 5.19. The summed E-state index contributed by atoms with van der Waals surface area (Å²) in [4.78, 5) is 10.5. The molecule has 0 saturated heterocycles. The number of guanidine groups is 1. The van der Waals surface area contributed by atoms with Gasteiger partial charge in [0.25, 0.3) is 0 Å². The van der Waals surface area contributed by atoms with E-state index in [4.69, 9.17) is 4.99 Å². The third-order valence-electron chi connectivity index (χ3n) is 4.83. The lowest BCUT2D eigenvalue weighted by Gasteiger charge is -2.20. The predicted molar refractivity (Wildman–Crippen MR) is 122 cm³/mol. The van der Waals surface area contributed by atoms with E-state index in [0.717, 1.165) is 30.5 Å². The summed E-state index contributed by atoms with van der Waals surface area (Å²) in [7, 11) is 0. The van der Waals surface area contributed by atoms with Gasteiger partial charge < -0.3 is 10.6 Å². The fraction of sp³-hybridized carbons (Fsp3) is 0.500. The molecule has 0 spiro atoms. The lowest BCUT2D eigenvalue weighted by Crippen LogP contribution is -2.41. The highest BCUT2D eigenvalue weighted by molar-refractivity contribution is 14.0. The molecule has 3 rings (SSSR count). The molecule has 2 aromatic rings. The molecule has 0 bridgehead atoms. The van der Waals surface area contributed by atoms with Gasteiger partial charge in [-0.3, -0.25) is 0 Å². The van der Waals surface area contributed by atoms with Crippen molar-refractivity contribution in [2.24, 2.45) is 4.99 Å². The average molecular weight is 484 g/mol. The Hall–Kier alpha value is -1.15. The van der Waals surface area contributed by atoms with Crippen molar-refractivity contribution < 1.29 is 0 Å². The Morgan fingerprint density at radius 2 is 2.00 bits per heavy atom. The van der Waals surface area contributed by atoms with Crippen LogP contribution in [0.1, 0.15) is 47.7 Å². The molecule has 0 aliphatic heterocycles. The number of rotatable bonds is 7. The Morgan fingerprint density at radius 3 is 2.62 bits per heavy atom. The first-order chi connectivity index (χ1) is 12.2. The van der Waals surface area contributed by atoms with Crippen LogP contribution >= 0.6 is 35.3 Å². The molecule has 142 valence electrons. The van der Waals surface area contributed by atoms with E-state index in [1.54, 1.807) is 11.3 Å². The maximum Gasteiger partial charge on any atom is 0.191 e. The highest BCUT2D eigenvalue weighted by atomic mass is 127. The first-order valence-corrected chi connectivity index (χ1v) is 10.0. The molecular formula is C20H29IN4S. The average Bonchev–Trinajstić information content (AvgIpc) is 3.27. The number of benzene rings is 1. The van der Waals surface area contributed by atoms with Gasteiger partial charge >= 0.3 is 0 Å². The predicted octanol–water partition coefficient (Wildman–Crippen LogP) is 4.42. The second-order valence-electron chi connectivity index (χ2n) is 6.72. The molecule has 26 heavy (non-hydrogen) atoms. The van der Waals surface area contributed by atoms with Crippen molar-refractivity contribution in [1.82, 2.24) is 15.6 Å². The Balaban J connectivity index is 0.00000243. The van der Waals surface area contributed by atoms with Gasteiger partial charge in [0.05, 0.1) is 6.54 Å². The third-order valence-corrected chi connectivity index (χ3v) is 5.96. The van der Waals surface area contributed by atoms with E-state index in [-0.39, 0.29) is 29.4 Å². The molecular weight excluding hydrogens is 455 g/mol. The van der Waals surface area contributed by atoms with Crippen molar-refractivity contribution in [1.29, 1.82) is 0 Å². The molecule has 0 atom stereocenters. The van der Waals surface area contributed by atoms with Crippen LogP contribution in [-0.4, -0.2) is 24.0 Å². The summed E-state index contributed by atoms with van der Waals surface area (Å²) in [5.41, 5.74) is 3.14. The lowest BCUT2D eigenvalue weighted by molar-refractivity contribution is 0.642. The van der Waals surface area contributed by atoms with Crippen LogP contribution in [0.3, 0.4) is 0 Å². The van der Waals surface area contributed by atoms with Crippen LogP contribution in [0.2, 0.25) is 0 Å². The number of aromatic nitrogens is 1. The molecule has 0 unspecified atom stereocenters. The van der Waals surface area contributed by atoms with Crippen molar-refractivity contribution in [3.05, 3.63) is 51.5 Å². The summed E-state index contributed by atoms with van der Waals surface area (Å²) >= 11 is 1.75. The molecule has 1 aliphatic carbocycles. The molecule has 1 aromatic carbocycles. The van der Waals surface area contributed by atoms with E-state index >= 15 is 0 Å². The zero-order valence-electron chi connectivity index (χ0n) is 15.8. The minimum atomic E-state index is 0. The van der Waals surface area contributed by atoms with Crippen molar-refractivity contribution in [2.75, 3.05) is 13.1 Å². The van der Waals surface area contributed by atoms with E-state index in [9.17, 15) is 0 Å². The van der Waals surface area contributed by atoms with Gasteiger partial charge in [-0.25, -0.2) is 9.98 Å². The highest BCUT2D eigenvalue weighted by Crippen LogP contribution is 2.48. The largest absolute Gasteiger partial charge is 0.357 e. The van der Waals surface area contributed by atoms with Gasteiger partial charge in [-0.2, -0.15) is 0 Å². The zero-order valence-corrected chi connectivity index (χ0v) is 19.0. The molecule has 1 aromatic heterocycles. The summed E-state index contributed by atoms with van der Waals surface area (Å²) in [5, 5.41) is 7.99. The first kappa shape index (κ1) is 21.2. The van der Waals surface area contributed by atoms with Crippen LogP contribution in [0, 0.1) is 6.92 Å². The number of nitrogens with one attached hydrogen (secondary N) is 2. The number of nitrogens with zero attached hydrogens (tertiary/aromatic N) is 2. The van der Waals surface area contributed by atoms with E-state index in [2.05, 4.69) is 60.7 Å². The fourth-order valence-corrected chi connectivity index (χ4v) is 3.97. The molecule has 4 nitrogen and oxygen atoms in total. The molecule has 0 amide bonds. The second kappa shape index (κ2) is 9.69. The summed E-state index contributed by atoms with van der Waals surface area (Å²) < 4.78 is 0. The molecule has 1 heterocycles. The standard InChI is InChI=1S/C20H28N4S.HI/c1-4-16-12-22-18(25-16)13-23-19(21-5-2)24-14-20(10-11-20)17-9-7-6-8-15(17)3;/h6-9,12H,4-5,10-11,13-14H2,1-3H3,(H2,21,23,24);1H. The van der Waals surface area contributed by atoms with Crippen LogP contribution in [-0.2, 0) is 18.4 Å². The molecule has 1 aliphatic rings. The van der Waals surface area contributed by atoms with Crippen LogP contribution in [0.25, 0.3) is 0 Å². The summed E-state index contributed by atoms with van der Waals surface area (Å²) in [6.07, 6.45) is 5.50. The van der Waals surface area contributed by atoms with E-state index in [1.807, 2.05) is 6.20 Å². The number of halogens is 1. The Kier molecular flexibility index (Phi) is 7.88. The van der Waals surface area contributed by atoms with E-state index < -0.39 is 0 Å². The van der Waals surface area contributed by atoms with Crippen LogP contribution in [0.5, 0.6) is 0 Å². The zero-order chi connectivity index (χ0) is 17.7. The highest BCUT2D eigenvalue weighted by Gasteiger charge is 2.44. The summed E-state index contributed by atoms with van der Waals surface area (Å²) in [6.45, 7) is 8.90. The number of hydrogen-bond donors (Lipinski definition) is 2. The van der Waals surface area contributed by atoms with Crippen molar-refractivity contribution in [2.45, 2.75) is 52.0 Å². The van der Waals surface area contributed by atoms with Gasteiger partial charge in [-0.1, -0.05) is 31.2 Å². The normalized spacial score (nSPS) is 15.3. The maximum atomic E-state index is 4.72. The van der Waals surface area contributed by atoms with Gasteiger partial charge in [0.2, 0.25) is 0 Å². The Morgan fingerprint density at radius 1 is 1.23 bits per heavy atom. The minimum absolute atomic E-state index is 0. The van der Waals surface area contributed by atoms with Crippen LogP contribution in [0.15, 0.2) is 35.5 Å². The van der Waals surface area contributed by atoms with Gasteiger partial charge in [0, 0.05) is 29.6 Å². The second-order valence-corrected chi connectivity index (χ2v) is 7.92.